The summed E-state index contributed by atoms with van der Waals surface area (Å²) in [6.45, 7) is 8.82. The third-order valence-corrected chi connectivity index (χ3v) is 5.47. The molecule has 150 valence electrons. The standard InChI is InChI=1S/C22H35N3O2/c1-16(2)25(19-12-7-6-8-13-19)21(27)15-24(5)14-20(26)23-22-17(3)10-9-11-18(22)4/h9-11,16,19H,6-8,12-15H2,1-5H3,(H,23,26)/p+1. The number of carbonyl (C=O) groups excluding carboxylic acids is 2. The Balaban J connectivity index is 1.91. The van der Waals surface area contributed by atoms with E-state index in [-0.39, 0.29) is 24.4 Å². The lowest BCUT2D eigenvalue weighted by Gasteiger charge is -2.37. The van der Waals surface area contributed by atoms with Crippen LogP contribution in [-0.4, -0.2) is 48.9 Å². The summed E-state index contributed by atoms with van der Waals surface area (Å²) in [7, 11) is 1.92. The lowest BCUT2D eigenvalue weighted by molar-refractivity contribution is -0.862. The molecule has 0 aromatic heterocycles. The molecule has 1 aromatic rings. The van der Waals surface area contributed by atoms with Gasteiger partial charge in [0.05, 0.1) is 7.05 Å². The van der Waals surface area contributed by atoms with Gasteiger partial charge in [0.25, 0.3) is 11.8 Å². The van der Waals surface area contributed by atoms with E-state index >= 15 is 0 Å². The van der Waals surface area contributed by atoms with Crippen LogP contribution in [0.4, 0.5) is 5.69 Å². The van der Waals surface area contributed by atoms with Crippen molar-refractivity contribution >= 4 is 17.5 Å². The van der Waals surface area contributed by atoms with Gasteiger partial charge in [0.15, 0.2) is 13.1 Å². The van der Waals surface area contributed by atoms with Crippen molar-refractivity contribution in [1.82, 2.24) is 4.90 Å². The summed E-state index contributed by atoms with van der Waals surface area (Å²) in [5.74, 6) is 0.112. The summed E-state index contributed by atoms with van der Waals surface area (Å²) in [4.78, 5) is 28.4. The number of nitrogens with one attached hydrogen (secondary N) is 2. The Morgan fingerprint density at radius 2 is 1.70 bits per heavy atom. The van der Waals surface area contributed by atoms with E-state index in [1.807, 2.05) is 39.1 Å². The summed E-state index contributed by atoms with van der Waals surface area (Å²) < 4.78 is 0. The number of anilines is 1. The predicted octanol–water partition coefficient (Wildman–Crippen LogP) is 2.33. The zero-order valence-corrected chi connectivity index (χ0v) is 17.6. The van der Waals surface area contributed by atoms with Gasteiger partial charge in [0.2, 0.25) is 0 Å². The van der Waals surface area contributed by atoms with Crippen molar-refractivity contribution in [1.29, 1.82) is 0 Å². The number of para-hydroxylation sites is 1. The first-order valence-corrected chi connectivity index (χ1v) is 10.3. The van der Waals surface area contributed by atoms with Crippen LogP contribution in [0.3, 0.4) is 0 Å². The van der Waals surface area contributed by atoms with Crippen LogP contribution in [0.15, 0.2) is 18.2 Å². The molecule has 1 aromatic carbocycles. The lowest BCUT2D eigenvalue weighted by Crippen LogP contribution is -3.11. The molecule has 0 aliphatic heterocycles. The first-order valence-electron chi connectivity index (χ1n) is 10.3. The minimum atomic E-state index is -0.0496. The Bertz CT molecular complexity index is 631. The molecule has 1 aliphatic rings. The Morgan fingerprint density at radius 3 is 2.26 bits per heavy atom. The molecule has 0 radical (unpaired) electrons. The Kier molecular flexibility index (Phi) is 7.84. The number of carbonyl (C=O) groups is 2. The fourth-order valence-corrected chi connectivity index (χ4v) is 4.15. The number of likely N-dealkylation sites (N-methyl/N-ethyl adjacent to an activating group) is 1. The second-order valence-electron chi connectivity index (χ2n) is 8.31. The molecule has 1 saturated carbocycles. The largest absolute Gasteiger partial charge is 0.332 e. The average molecular weight is 375 g/mol. The van der Waals surface area contributed by atoms with Gasteiger partial charge in [-0.2, -0.15) is 0 Å². The minimum Gasteiger partial charge on any atom is -0.332 e. The normalized spacial score (nSPS) is 16.2. The number of amides is 2. The van der Waals surface area contributed by atoms with E-state index in [2.05, 4.69) is 24.1 Å². The number of quaternary nitrogens is 1. The Labute approximate surface area is 164 Å². The van der Waals surface area contributed by atoms with E-state index in [1.165, 1.54) is 19.3 Å². The highest BCUT2D eigenvalue weighted by Gasteiger charge is 2.29. The second-order valence-corrected chi connectivity index (χ2v) is 8.31. The van der Waals surface area contributed by atoms with E-state index in [0.29, 0.717) is 12.6 Å². The molecule has 2 amide bonds. The van der Waals surface area contributed by atoms with Gasteiger partial charge in [-0.05, 0) is 51.7 Å². The zero-order chi connectivity index (χ0) is 20.0. The summed E-state index contributed by atoms with van der Waals surface area (Å²) >= 11 is 0. The maximum absolute atomic E-state index is 12.9. The molecule has 1 atom stereocenters. The van der Waals surface area contributed by atoms with Gasteiger partial charge in [0, 0.05) is 17.8 Å². The third-order valence-electron chi connectivity index (χ3n) is 5.47. The number of aryl methyl sites for hydroxylation is 2. The maximum Gasteiger partial charge on any atom is 0.279 e. The van der Waals surface area contributed by atoms with Crippen LogP contribution in [0.1, 0.15) is 57.1 Å². The van der Waals surface area contributed by atoms with E-state index < -0.39 is 0 Å². The molecule has 0 spiro atoms. The van der Waals surface area contributed by atoms with Crippen LogP contribution in [0.5, 0.6) is 0 Å². The van der Waals surface area contributed by atoms with Gasteiger partial charge in [-0.15, -0.1) is 0 Å². The van der Waals surface area contributed by atoms with Crippen LogP contribution in [-0.2, 0) is 9.59 Å². The molecule has 0 saturated heterocycles. The van der Waals surface area contributed by atoms with Crippen LogP contribution in [0.2, 0.25) is 0 Å². The number of nitrogens with zero attached hydrogens (tertiary/aromatic N) is 1. The van der Waals surface area contributed by atoms with Crippen molar-refractivity contribution in [2.75, 3.05) is 25.5 Å². The quantitative estimate of drug-likeness (QED) is 0.770. The van der Waals surface area contributed by atoms with E-state index in [4.69, 9.17) is 0 Å². The average Bonchev–Trinajstić information content (AvgIpc) is 2.58. The number of rotatable bonds is 7. The first kappa shape index (κ1) is 21.4. The van der Waals surface area contributed by atoms with Crippen molar-refractivity contribution in [2.45, 2.75) is 71.9 Å². The first-order chi connectivity index (χ1) is 12.8. The monoisotopic (exact) mass is 374 g/mol. The SMILES string of the molecule is Cc1cccc(C)c1NC(=O)C[NH+](C)CC(=O)N(C(C)C)C1CCCCC1. The molecule has 5 heteroatoms. The topological polar surface area (TPSA) is 53.9 Å². The second kappa shape index (κ2) is 9.88. The molecular weight excluding hydrogens is 338 g/mol. The summed E-state index contributed by atoms with van der Waals surface area (Å²) in [5.41, 5.74) is 2.99. The Hall–Kier alpha value is -1.88. The Morgan fingerprint density at radius 1 is 1.11 bits per heavy atom. The maximum atomic E-state index is 12.9. The van der Waals surface area contributed by atoms with Crippen molar-refractivity contribution < 1.29 is 14.5 Å². The lowest BCUT2D eigenvalue weighted by atomic mass is 9.93. The number of hydrogen-bond acceptors (Lipinski definition) is 2. The third kappa shape index (κ3) is 6.06. The molecule has 1 unspecified atom stereocenters. The molecule has 27 heavy (non-hydrogen) atoms. The van der Waals surface area contributed by atoms with E-state index in [9.17, 15) is 9.59 Å². The van der Waals surface area contributed by atoms with Gasteiger partial charge >= 0.3 is 0 Å². The molecule has 2 rings (SSSR count). The fraction of sp³-hybridized carbons (Fsp3) is 0.636. The minimum absolute atomic E-state index is 0.0496. The molecule has 1 aliphatic carbocycles. The molecular formula is C22H36N3O2+. The fourth-order valence-electron chi connectivity index (χ4n) is 4.15. The van der Waals surface area contributed by atoms with Gasteiger partial charge in [0.1, 0.15) is 0 Å². The summed E-state index contributed by atoms with van der Waals surface area (Å²) in [6.07, 6.45) is 5.91. The highest BCUT2D eigenvalue weighted by atomic mass is 16.2. The van der Waals surface area contributed by atoms with Crippen LogP contribution < -0.4 is 10.2 Å². The van der Waals surface area contributed by atoms with Gasteiger partial charge in [-0.3, -0.25) is 9.59 Å². The van der Waals surface area contributed by atoms with Gasteiger partial charge in [-0.1, -0.05) is 37.5 Å². The van der Waals surface area contributed by atoms with Crippen LogP contribution in [0, 0.1) is 13.8 Å². The number of hydrogen-bond donors (Lipinski definition) is 2. The molecule has 0 bridgehead atoms. The van der Waals surface area contributed by atoms with Crippen LogP contribution >= 0.6 is 0 Å². The smallest absolute Gasteiger partial charge is 0.279 e. The van der Waals surface area contributed by atoms with Gasteiger partial charge < -0.3 is 15.1 Å². The molecule has 2 N–H and O–H groups in total. The van der Waals surface area contributed by atoms with Gasteiger partial charge in [-0.25, -0.2) is 0 Å². The van der Waals surface area contributed by atoms with E-state index in [0.717, 1.165) is 34.6 Å². The van der Waals surface area contributed by atoms with Crippen molar-refractivity contribution in [3.8, 4) is 0 Å². The summed E-state index contributed by atoms with van der Waals surface area (Å²) in [5, 5.41) is 3.01. The molecule has 1 fully saturated rings. The van der Waals surface area contributed by atoms with Crippen molar-refractivity contribution in [3.05, 3.63) is 29.3 Å². The highest BCUT2D eigenvalue weighted by molar-refractivity contribution is 5.93. The van der Waals surface area contributed by atoms with Crippen molar-refractivity contribution in [3.63, 3.8) is 0 Å². The van der Waals surface area contributed by atoms with E-state index in [1.54, 1.807) is 0 Å². The molecule has 0 heterocycles. The van der Waals surface area contributed by atoms with Crippen molar-refractivity contribution in [2.24, 2.45) is 0 Å². The zero-order valence-electron chi connectivity index (χ0n) is 17.6. The number of benzene rings is 1. The molecule has 5 nitrogen and oxygen atoms in total. The summed E-state index contributed by atoms with van der Waals surface area (Å²) in [6, 6.07) is 6.54. The predicted molar refractivity (Wildman–Crippen MR) is 110 cm³/mol. The highest BCUT2D eigenvalue weighted by Crippen LogP contribution is 2.24. The van der Waals surface area contributed by atoms with Crippen LogP contribution in [0.25, 0.3) is 0 Å².